The average molecular weight is 241 g/mol. The molecule has 1 amide bonds. The molecule has 0 heterocycles. The summed E-state index contributed by atoms with van der Waals surface area (Å²) in [5, 5.41) is 0. The Labute approximate surface area is 105 Å². The van der Waals surface area contributed by atoms with E-state index in [9.17, 15) is 4.79 Å². The molecule has 0 aromatic heterocycles. The number of amides is 1. The summed E-state index contributed by atoms with van der Waals surface area (Å²) in [5.74, 6) is 0.575. The number of hydrogen-bond donors (Lipinski definition) is 2. The third-order valence-corrected chi connectivity index (χ3v) is 3.84. The summed E-state index contributed by atoms with van der Waals surface area (Å²) in [6.45, 7) is 7.15. The summed E-state index contributed by atoms with van der Waals surface area (Å²) in [5.41, 5.74) is 10.8. The molecule has 0 aromatic rings. The number of nitrogens with two attached hydrogens (primary N) is 2. The molecule has 1 rings (SSSR count). The fourth-order valence-electron chi connectivity index (χ4n) is 2.44. The largest absolute Gasteiger partial charge is 0.368 e. The fraction of sp³-hybridized carbons (Fsp3) is 0.923. The number of carbonyl (C=O) groups is 1. The quantitative estimate of drug-likeness (QED) is 0.697. The van der Waals surface area contributed by atoms with Crippen LogP contribution in [0.3, 0.4) is 0 Å². The summed E-state index contributed by atoms with van der Waals surface area (Å²) in [6, 6.07) is 0.427. The lowest BCUT2D eigenvalue weighted by molar-refractivity contribution is -0.124. The first kappa shape index (κ1) is 14.5. The molecule has 100 valence electrons. The molecule has 4 nitrogen and oxygen atoms in total. The van der Waals surface area contributed by atoms with Gasteiger partial charge in [-0.05, 0) is 45.1 Å². The van der Waals surface area contributed by atoms with Gasteiger partial charge in [0.1, 0.15) is 5.54 Å². The molecular weight excluding hydrogens is 214 g/mol. The van der Waals surface area contributed by atoms with Crippen molar-refractivity contribution in [2.45, 2.75) is 51.6 Å². The van der Waals surface area contributed by atoms with E-state index in [1.807, 2.05) is 7.05 Å². The van der Waals surface area contributed by atoms with Gasteiger partial charge in [0.2, 0.25) is 5.91 Å². The average Bonchev–Trinajstić information content (AvgIpc) is 2.98. The Kier molecular flexibility index (Phi) is 4.55. The lowest BCUT2D eigenvalue weighted by Gasteiger charge is -2.35. The van der Waals surface area contributed by atoms with Gasteiger partial charge >= 0.3 is 0 Å². The Morgan fingerprint density at radius 1 is 1.41 bits per heavy atom. The minimum absolute atomic E-state index is 0.286. The summed E-state index contributed by atoms with van der Waals surface area (Å²) in [7, 11) is 2.03. The van der Waals surface area contributed by atoms with E-state index < -0.39 is 5.54 Å². The van der Waals surface area contributed by atoms with Gasteiger partial charge in [-0.3, -0.25) is 4.79 Å². The van der Waals surface area contributed by atoms with Crippen molar-refractivity contribution in [3.05, 3.63) is 0 Å². The topological polar surface area (TPSA) is 72.3 Å². The van der Waals surface area contributed by atoms with Crippen LogP contribution in [0.25, 0.3) is 0 Å². The van der Waals surface area contributed by atoms with Crippen molar-refractivity contribution in [2.75, 3.05) is 13.6 Å². The Morgan fingerprint density at radius 2 is 1.94 bits per heavy atom. The molecule has 17 heavy (non-hydrogen) atoms. The van der Waals surface area contributed by atoms with E-state index in [1.165, 1.54) is 0 Å². The second-order valence-electron chi connectivity index (χ2n) is 6.07. The van der Waals surface area contributed by atoms with Crippen LogP contribution in [0.1, 0.15) is 40.0 Å². The fourth-order valence-corrected chi connectivity index (χ4v) is 2.44. The normalized spacial score (nSPS) is 21.6. The van der Waals surface area contributed by atoms with Crippen LogP contribution in [-0.4, -0.2) is 36.0 Å². The third kappa shape index (κ3) is 3.68. The molecule has 4 heteroatoms. The van der Waals surface area contributed by atoms with Gasteiger partial charge in [-0.15, -0.1) is 0 Å². The number of hydrogen-bond acceptors (Lipinski definition) is 3. The Bertz CT molecular complexity index is 276. The zero-order chi connectivity index (χ0) is 13.2. The van der Waals surface area contributed by atoms with Crippen molar-refractivity contribution < 1.29 is 4.79 Å². The minimum Gasteiger partial charge on any atom is -0.368 e. The molecule has 1 aliphatic carbocycles. The van der Waals surface area contributed by atoms with Gasteiger partial charge in [0.05, 0.1) is 0 Å². The van der Waals surface area contributed by atoms with E-state index in [2.05, 4.69) is 25.7 Å². The van der Waals surface area contributed by atoms with Crippen molar-refractivity contribution in [3.63, 3.8) is 0 Å². The molecule has 1 aliphatic rings. The van der Waals surface area contributed by atoms with Crippen LogP contribution in [0.4, 0.5) is 0 Å². The summed E-state index contributed by atoms with van der Waals surface area (Å²) in [4.78, 5) is 13.7. The maximum Gasteiger partial charge on any atom is 0.239 e. The molecule has 0 spiro atoms. The molecule has 2 atom stereocenters. The van der Waals surface area contributed by atoms with Crippen LogP contribution in [0.15, 0.2) is 0 Å². The Hall–Kier alpha value is -0.610. The van der Waals surface area contributed by atoms with Crippen LogP contribution < -0.4 is 11.5 Å². The summed E-state index contributed by atoms with van der Waals surface area (Å²) >= 11 is 0. The van der Waals surface area contributed by atoms with Crippen LogP contribution in [0.2, 0.25) is 0 Å². The Morgan fingerprint density at radius 3 is 2.29 bits per heavy atom. The minimum atomic E-state index is -0.833. The summed E-state index contributed by atoms with van der Waals surface area (Å²) < 4.78 is 0. The van der Waals surface area contributed by atoms with E-state index in [0.29, 0.717) is 18.5 Å². The highest BCUT2D eigenvalue weighted by Gasteiger charge is 2.47. The standard InChI is InChI=1S/C13H27N3O/c1-9(2)7-10(3)16(4)8-13(15,12(14)17)11-5-6-11/h9-11H,5-8,15H2,1-4H3,(H2,14,17). The Balaban J connectivity index is 2.58. The SMILES string of the molecule is CC(C)CC(C)N(C)CC(N)(C(N)=O)C1CC1. The van der Waals surface area contributed by atoms with Gasteiger partial charge in [0.25, 0.3) is 0 Å². The van der Waals surface area contributed by atoms with Crippen LogP contribution in [-0.2, 0) is 4.79 Å². The molecular formula is C13H27N3O. The highest BCUT2D eigenvalue weighted by molar-refractivity contribution is 5.85. The number of likely N-dealkylation sites (N-methyl/N-ethyl adjacent to an activating group) is 1. The lowest BCUT2D eigenvalue weighted by atomic mass is 9.92. The lowest BCUT2D eigenvalue weighted by Crippen LogP contribution is -2.61. The predicted octanol–water partition coefficient (Wildman–Crippen LogP) is 0.946. The van der Waals surface area contributed by atoms with Crippen molar-refractivity contribution in [1.29, 1.82) is 0 Å². The maximum absolute atomic E-state index is 11.6. The number of rotatable bonds is 7. The van der Waals surface area contributed by atoms with E-state index in [0.717, 1.165) is 19.3 Å². The zero-order valence-corrected chi connectivity index (χ0v) is 11.6. The second-order valence-corrected chi connectivity index (χ2v) is 6.07. The van der Waals surface area contributed by atoms with Gasteiger partial charge in [-0.1, -0.05) is 13.8 Å². The van der Waals surface area contributed by atoms with Crippen molar-refractivity contribution in [3.8, 4) is 0 Å². The molecule has 1 saturated carbocycles. The van der Waals surface area contributed by atoms with Crippen LogP contribution >= 0.6 is 0 Å². The molecule has 0 aliphatic heterocycles. The number of carbonyl (C=O) groups excluding carboxylic acids is 1. The molecule has 2 unspecified atom stereocenters. The zero-order valence-electron chi connectivity index (χ0n) is 11.6. The van der Waals surface area contributed by atoms with E-state index in [4.69, 9.17) is 11.5 Å². The monoisotopic (exact) mass is 241 g/mol. The molecule has 0 aromatic carbocycles. The van der Waals surface area contributed by atoms with Gasteiger partial charge in [0, 0.05) is 12.6 Å². The molecule has 4 N–H and O–H groups in total. The number of nitrogens with zero attached hydrogens (tertiary/aromatic N) is 1. The van der Waals surface area contributed by atoms with Crippen molar-refractivity contribution in [2.24, 2.45) is 23.3 Å². The molecule has 1 fully saturated rings. The predicted molar refractivity (Wildman–Crippen MR) is 70.4 cm³/mol. The first-order valence-electron chi connectivity index (χ1n) is 6.56. The van der Waals surface area contributed by atoms with E-state index in [-0.39, 0.29) is 11.8 Å². The van der Waals surface area contributed by atoms with E-state index >= 15 is 0 Å². The van der Waals surface area contributed by atoms with Gasteiger partial charge in [0.15, 0.2) is 0 Å². The highest BCUT2D eigenvalue weighted by Crippen LogP contribution is 2.38. The highest BCUT2D eigenvalue weighted by atomic mass is 16.1. The molecule has 0 radical (unpaired) electrons. The van der Waals surface area contributed by atoms with Crippen molar-refractivity contribution in [1.82, 2.24) is 4.90 Å². The van der Waals surface area contributed by atoms with Gasteiger partial charge < -0.3 is 16.4 Å². The summed E-state index contributed by atoms with van der Waals surface area (Å²) in [6.07, 6.45) is 3.17. The molecule has 0 bridgehead atoms. The van der Waals surface area contributed by atoms with Crippen molar-refractivity contribution >= 4 is 5.91 Å². The maximum atomic E-state index is 11.6. The van der Waals surface area contributed by atoms with Crippen LogP contribution in [0, 0.1) is 11.8 Å². The second kappa shape index (κ2) is 5.36. The van der Waals surface area contributed by atoms with Gasteiger partial charge in [-0.25, -0.2) is 0 Å². The van der Waals surface area contributed by atoms with E-state index in [1.54, 1.807) is 0 Å². The number of primary amides is 1. The van der Waals surface area contributed by atoms with Crippen LogP contribution in [0.5, 0.6) is 0 Å². The third-order valence-electron chi connectivity index (χ3n) is 3.84. The first-order valence-corrected chi connectivity index (χ1v) is 6.56. The first-order chi connectivity index (χ1) is 7.77. The molecule has 0 saturated heterocycles. The van der Waals surface area contributed by atoms with Gasteiger partial charge in [-0.2, -0.15) is 0 Å². The smallest absolute Gasteiger partial charge is 0.239 e.